The van der Waals surface area contributed by atoms with Crippen molar-refractivity contribution in [2.45, 2.75) is 0 Å². The number of fused-ring (bicyclic) bond motifs is 8. The second kappa shape index (κ2) is 13.7. The first kappa shape index (κ1) is 32.7. The van der Waals surface area contributed by atoms with Crippen LogP contribution in [0.1, 0.15) is 22.8 Å². The molecule has 8 bridgehead atoms. The first-order valence-electron chi connectivity index (χ1n) is 16.6. The van der Waals surface area contributed by atoms with Gasteiger partial charge in [-0.2, -0.15) is 0 Å². The van der Waals surface area contributed by atoms with E-state index in [1.165, 1.54) is 0 Å². The van der Waals surface area contributed by atoms with E-state index in [-0.39, 0.29) is 35.6 Å². The van der Waals surface area contributed by atoms with Crippen molar-refractivity contribution in [1.82, 2.24) is 19.9 Å². The number of rotatable bonds is 5. The van der Waals surface area contributed by atoms with E-state index in [1.807, 2.05) is 146 Å². The molecular formula is C44H27N5O2Zn. The average Bonchev–Trinajstić information content (AvgIpc) is 4.00. The number of hydrogen-bond donors (Lipinski definition) is 0. The molecule has 3 aromatic heterocycles. The van der Waals surface area contributed by atoms with Crippen LogP contribution in [0.5, 0.6) is 0 Å². The van der Waals surface area contributed by atoms with Gasteiger partial charge in [-0.05, 0) is 74.3 Å². The molecule has 2 aliphatic heterocycles. The van der Waals surface area contributed by atoms with Crippen LogP contribution in [0.25, 0.3) is 90.9 Å². The van der Waals surface area contributed by atoms with Crippen molar-refractivity contribution in [2.75, 3.05) is 0 Å². The maximum Gasteiger partial charge on any atom is 2.00 e. The van der Waals surface area contributed by atoms with Crippen molar-refractivity contribution in [3.05, 3.63) is 172 Å². The third kappa shape index (κ3) is 5.79. The average molecular weight is 723 g/mol. The Bertz CT molecular complexity index is 2700. The molecule has 0 saturated heterocycles. The zero-order valence-electron chi connectivity index (χ0n) is 27.8. The fourth-order valence-electron chi connectivity index (χ4n) is 6.89. The fourth-order valence-corrected chi connectivity index (χ4v) is 6.89. The van der Waals surface area contributed by atoms with Gasteiger partial charge in [0.1, 0.15) is 0 Å². The molecule has 0 unspecified atom stereocenters. The molecule has 0 N–H and O–H groups in total. The van der Waals surface area contributed by atoms with Crippen LogP contribution in [-0.2, 0) is 19.5 Å². The van der Waals surface area contributed by atoms with E-state index in [0.717, 1.165) is 50.1 Å². The molecule has 7 aromatic rings. The van der Waals surface area contributed by atoms with Crippen LogP contribution < -0.4 is 9.97 Å². The topological polar surface area (TPSA) is 97.1 Å². The summed E-state index contributed by atoms with van der Waals surface area (Å²) in [5.74, 6) is 0. The predicted molar refractivity (Wildman–Crippen MR) is 205 cm³/mol. The van der Waals surface area contributed by atoms with Gasteiger partial charge in [0.2, 0.25) is 0 Å². The molecule has 9 rings (SSSR count). The Balaban J connectivity index is 0.00000387. The molecule has 0 aliphatic carbocycles. The Morgan fingerprint density at radius 1 is 0.442 bits per heavy atom. The van der Waals surface area contributed by atoms with Gasteiger partial charge in [0, 0.05) is 6.07 Å². The van der Waals surface area contributed by atoms with Crippen LogP contribution in [0.3, 0.4) is 0 Å². The third-order valence-electron chi connectivity index (χ3n) is 9.14. The van der Waals surface area contributed by atoms with Gasteiger partial charge in [-0.3, -0.25) is 10.1 Å². The van der Waals surface area contributed by atoms with Crippen molar-refractivity contribution in [3.63, 3.8) is 0 Å². The van der Waals surface area contributed by atoms with E-state index in [0.29, 0.717) is 33.7 Å². The quantitative estimate of drug-likeness (QED) is 0.0996. The summed E-state index contributed by atoms with van der Waals surface area (Å²) in [5.41, 5.74) is 11.3. The van der Waals surface area contributed by atoms with Crippen molar-refractivity contribution >= 4 is 52.1 Å². The smallest absolute Gasteiger partial charge is 0.657 e. The minimum atomic E-state index is -0.364. The Morgan fingerprint density at radius 2 is 0.788 bits per heavy atom. The van der Waals surface area contributed by atoms with Crippen molar-refractivity contribution < 1.29 is 24.4 Å². The molecule has 0 amide bonds. The van der Waals surface area contributed by atoms with E-state index in [2.05, 4.69) is 12.1 Å². The molecule has 0 saturated carbocycles. The van der Waals surface area contributed by atoms with Crippen LogP contribution in [-0.4, -0.2) is 14.9 Å². The summed E-state index contributed by atoms with van der Waals surface area (Å²) in [6.07, 6.45) is 7.81. The molecule has 242 valence electrons. The molecule has 0 atom stereocenters. The number of nitro groups is 1. The Kier molecular flexibility index (Phi) is 8.59. The first-order valence-corrected chi connectivity index (χ1v) is 16.6. The van der Waals surface area contributed by atoms with E-state index in [1.54, 1.807) is 6.07 Å². The van der Waals surface area contributed by atoms with Gasteiger partial charge in [-0.25, -0.2) is 9.97 Å². The zero-order valence-corrected chi connectivity index (χ0v) is 30.8. The summed E-state index contributed by atoms with van der Waals surface area (Å²) in [6.45, 7) is 0. The van der Waals surface area contributed by atoms with E-state index in [9.17, 15) is 10.1 Å². The molecule has 0 fully saturated rings. The van der Waals surface area contributed by atoms with Gasteiger partial charge in [0.15, 0.2) is 0 Å². The standard InChI is InChI=1S/C44H27N5O2.Zn/c50-49(51)39-27-38-42(30-17-9-3-10-18-30)36-24-23-34(46-36)40(28-13-5-1-6-14-28)32-21-22-33(45-32)41(29-15-7-2-8-16-29)35-25-26-37(47-35)43(44(39)48-38)31-19-11-4-12-20-31;/h1-27H;/q-2;+2. The fraction of sp³-hybridized carbons (Fsp3) is 0. The van der Waals surface area contributed by atoms with Crippen LogP contribution in [0.15, 0.2) is 140 Å². The zero-order chi connectivity index (χ0) is 34.3. The minimum absolute atomic E-state index is 0. The van der Waals surface area contributed by atoms with Crippen LogP contribution in [0.2, 0.25) is 0 Å². The number of aromatic nitrogens is 4. The third-order valence-corrected chi connectivity index (χ3v) is 9.14. The number of nitrogens with zero attached hydrogens (tertiary/aromatic N) is 5. The van der Waals surface area contributed by atoms with Gasteiger partial charge in [-0.15, -0.1) is 16.6 Å². The molecule has 0 radical (unpaired) electrons. The van der Waals surface area contributed by atoms with Crippen LogP contribution >= 0.6 is 0 Å². The molecular weight excluding hydrogens is 696 g/mol. The van der Waals surface area contributed by atoms with Gasteiger partial charge < -0.3 is 9.97 Å². The van der Waals surface area contributed by atoms with Crippen LogP contribution in [0.4, 0.5) is 5.69 Å². The van der Waals surface area contributed by atoms with Gasteiger partial charge in [0.25, 0.3) is 5.69 Å². The second-order valence-electron chi connectivity index (χ2n) is 12.2. The SMILES string of the molecule is O=[N+]([O-])c1cc2[n-]c1c(-c1ccccc1)c1nc(c(-c3ccccc3)c3ccc([n-]3)c(-c3ccccc3)c3nc(c2-c2ccccc2)C=C3)C=C1.[Zn+2]. The molecule has 4 aromatic carbocycles. The van der Waals surface area contributed by atoms with E-state index in [4.69, 9.17) is 19.9 Å². The first-order chi connectivity index (χ1) is 25.1. The summed E-state index contributed by atoms with van der Waals surface area (Å²) in [5, 5.41) is 12.9. The molecule has 52 heavy (non-hydrogen) atoms. The van der Waals surface area contributed by atoms with Crippen molar-refractivity contribution in [2.24, 2.45) is 0 Å². The Labute approximate surface area is 312 Å². The maximum atomic E-state index is 12.9. The Hall–Kier alpha value is -6.50. The summed E-state index contributed by atoms with van der Waals surface area (Å²) in [6, 6.07) is 45.2. The largest absolute Gasteiger partial charge is 2.00 e. The molecule has 7 nitrogen and oxygen atoms in total. The summed E-state index contributed by atoms with van der Waals surface area (Å²) < 4.78 is 0. The summed E-state index contributed by atoms with van der Waals surface area (Å²) >= 11 is 0. The normalized spacial score (nSPS) is 11.7. The second-order valence-corrected chi connectivity index (χ2v) is 12.2. The minimum Gasteiger partial charge on any atom is -0.657 e. The van der Waals surface area contributed by atoms with Gasteiger partial charge in [-0.1, -0.05) is 133 Å². The molecule has 0 spiro atoms. The predicted octanol–water partition coefficient (Wildman–Crippen LogP) is 10.5. The molecule has 5 heterocycles. The van der Waals surface area contributed by atoms with Crippen molar-refractivity contribution in [3.8, 4) is 44.5 Å². The molecule has 8 heteroatoms. The monoisotopic (exact) mass is 721 g/mol. The molecule has 2 aliphatic rings. The van der Waals surface area contributed by atoms with Gasteiger partial charge in [0.05, 0.1) is 27.7 Å². The van der Waals surface area contributed by atoms with Crippen LogP contribution in [0, 0.1) is 10.1 Å². The summed E-state index contributed by atoms with van der Waals surface area (Å²) in [7, 11) is 0. The number of hydrogen-bond acceptors (Lipinski definition) is 4. The maximum absolute atomic E-state index is 12.9. The van der Waals surface area contributed by atoms with Gasteiger partial charge >= 0.3 is 19.5 Å². The van der Waals surface area contributed by atoms with E-state index >= 15 is 0 Å². The summed E-state index contributed by atoms with van der Waals surface area (Å²) in [4.78, 5) is 33.2. The van der Waals surface area contributed by atoms with Crippen molar-refractivity contribution in [1.29, 1.82) is 0 Å². The number of benzene rings is 4. The van der Waals surface area contributed by atoms with E-state index < -0.39 is 0 Å². The Morgan fingerprint density at radius 3 is 1.17 bits per heavy atom.